The van der Waals surface area contributed by atoms with Gasteiger partial charge in [-0.2, -0.15) is 0 Å². The van der Waals surface area contributed by atoms with Crippen LogP contribution in [0.1, 0.15) is 52.0 Å². The van der Waals surface area contributed by atoms with Crippen LogP contribution in [0.25, 0.3) is 0 Å². The van der Waals surface area contributed by atoms with Gasteiger partial charge in [0.1, 0.15) is 0 Å². The van der Waals surface area contributed by atoms with Crippen LogP contribution in [0.5, 0.6) is 0 Å². The van der Waals surface area contributed by atoms with Crippen molar-refractivity contribution >= 4 is 5.91 Å². The maximum atomic E-state index is 11.9. The number of benzene rings is 1. The van der Waals surface area contributed by atoms with Crippen LogP contribution in [-0.4, -0.2) is 11.9 Å². The number of unbranched alkanes of at least 4 members (excludes halogenated alkanes) is 1. The molecule has 1 amide bonds. The second kappa shape index (κ2) is 8.73. The summed E-state index contributed by atoms with van der Waals surface area (Å²) in [5.74, 6) is 0.677. The molecular formula is C17H27NO. The molecule has 0 saturated heterocycles. The molecule has 0 aromatic heterocycles. The SMILES string of the molecule is CCCCC(C)CC(=O)NC(C)Cc1ccccc1. The van der Waals surface area contributed by atoms with Crippen molar-refractivity contribution in [2.24, 2.45) is 5.92 Å². The summed E-state index contributed by atoms with van der Waals surface area (Å²) in [5.41, 5.74) is 1.27. The van der Waals surface area contributed by atoms with Crippen molar-refractivity contribution in [2.45, 2.75) is 58.9 Å². The zero-order chi connectivity index (χ0) is 14.1. The van der Waals surface area contributed by atoms with E-state index in [-0.39, 0.29) is 11.9 Å². The predicted molar refractivity (Wildman–Crippen MR) is 81.1 cm³/mol. The number of hydrogen-bond acceptors (Lipinski definition) is 1. The molecular weight excluding hydrogens is 234 g/mol. The van der Waals surface area contributed by atoms with E-state index in [4.69, 9.17) is 0 Å². The summed E-state index contributed by atoms with van der Waals surface area (Å²) < 4.78 is 0. The molecule has 1 N–H and O–H groups in total. The van der Waals surface area contributed by atoms with Crippen LogP contribution in [0.4, 0.5) is 0 Å². The van der Waals surface area contributed by atoms with Gasteiger partial charge in [-0.05, 0) is 24.8 Å². The predicted octanol–water partition coefficient (Wildman–Crippen LogP) is 3.95. The quantitative estimate of drug-likeness (QED) is 0.754. The van der Waals surface area contributed by atoms with Crippen molar-refractivity contribution in [3.8, 4) is 0 Å². The largest absolute Gasteiger partial charge is 0.353 e. The Balaban J connectivity index is 2.28. The molecule has 2 unspecified atom stereocenters. The molecule has 0 fully saturated rings. The van der Waals surface area contributed by atoms with Crippen LogP contribution in [0.2, 0.25) is 0 Å². The number of amides is 1. The van der Waals surface area contributed by atoms with E-state index in [1.807, 2.05) is 18.2 Å². The third-order valence-electron chi connectivity index (χ3n) is 3.38. The zero-order valence-corrected chi connectivity index (χ0v) is 12.5. The molecule has 0 saturated carbocycles. The molecule has 106 valence electrons. The van der Waals surface area contributed by atoms with Crippen molar-refractivity contribution in [3.05, 3.63) is 35.9 Å². The monoisotopic (exact) mass is 261 g/mol. The highest BCUT2D eigenvalue weighted by Crippen LogP contribution is 2.12. The Labute approximate surface area is 117 Å². The molecule has 1 aromatic rings. The highest BCUT2D eigenvalue weighted by atomic mass is 16.1. The number of carbonyl (C=O) groups is 1. The lowest BCUT2D eigenvalue weighted by Crippen LogP contribution is -2.34. The van der Waals surface area contributed by atoms with Gasteiger partial charge in [0.15, 0.2) is 0 Å². The standard InChI is InChI=1S/C17H27NO/c1-4-5-9-14(2)12-17(19)18-15(3)13-16-10-7-6-8-11-16/h6-8,10-11,14-15H,4-5,9,12-13H2,1-3H3,(H,18,19). The molecule has 2 heteroatoms. The molecule has 0 aliphatic carbocycles. The first-order valence-corrected chi connectivity index (χ1v) is 7.45. The number of hydrogen-bond donors (Lipinski definition) is 1. The molecule has 0 radical (unpaired) electrons. The van der Waals surface area contributed by atoms with E-state index in [0.717, 1.165) is 12.8 Å². The van der Waals surface area contributed by atoms with E-state index in [0.29, 0.717) is 12.3 Å². The lowest BCUT2D eigenvalue weighted by Gasteiger charge is -2.16. The number of rotatable bonds is 8. The molecule has 1 aromatic carbocycles. The summed E-state index contributed by atoms with van der Waals surface area (Å²) in [6.45, 7) is 6.42. The van der Waals surface area contributed by atoms with Gasteiger partial charge in [-0.15, -0.1) is 0 Å². The topological polar surface area (TPSA) is 29.1 Å². The van der Waals surface area contributed by atoms with Crippen LogP contribution in [-0.2, 0) is 11.2 Å². The highest BCUT2D eigenvalue weighted by Gasteiger charge is 2.11. The molecule has 0 spiro atoms. The summed E-state index contributed by atoms with van der Waals surface area (Å²) in [6, 6.07) is 10.5. The minimum Gasteiger partial charge on any atom is -0.353 e. The summed E-state index contributed by atoms with van der Waals surface area (Å²) >= 11 is 0. The van der Waals surface area contributed by atoms with E-state index in [9.17, 15) is 4.79 Å². The van der Waals surface area contributed by atoms with Gasteiger partial charge >= 0.3 is 0 Å². The first-order valence-electron chi connectivity index (χ1n) is 7.45. The van der Waals surface area contributed by atoms with Crippen LogP contribution >= 0.6 is 0 Å². The molecule has 0 aliphatic heterocycles. The van der Waals surface area contributed by atoms with Crippen LogP contribution in [0.3, 0.4) is 0 Å². The van der Waals surface area contributed by atoms with E-state index >= 15 is 0 Å². The van der Waals surface area contributed by atoms with Crippen LogP contribution in [0, 0.1) is 5.92 Å². The third kappa shape index (κ3) is 7.00. The van der Waals surface area contributed by atoms with E-state index in [1.54, 1.807) is 0 Å². The maximum Gasteiger partial charge on any atom is 0.220 e. The highest BCUT2D eigenvalue weighted by molar-refractivity contribution is 5.76. The summed E-state index contributed by atoms with van der Waals surface area (Å²) in [5, 5.41) is 3.10. The average molecular weight is 261 g/mol. The van der Waals surface area contributed by atoms with Crippen molar-refractivity contribution in [1.29, 1.82) is 0 Å². The molecule has 19 heavy (non-hydrogen) atoms. The minimum atomic E-state index is 0.187. The lowest BCUT2D eigenvalue weighted by molar-refractivity contribution is -0.122. The Bertz CT molecular complexity index is 361. The van der Waals surface area contributed by atoms with E-state index < -0.39 is 0 Å². The fourth-order valence-electron chi connectivity index (χ4n) is 2.32. The lowest BCUT2D eigenvalue weighted by atomic mass is 10.00. The van der Waals surface area contributed by atoms with Crippen molar-refractivity contribution in [3.63, 3.8) is 0 Å². The van der Waals surface area contributed by atoms with Crippen molar-refractivity contribution < 1.29 is 4.79 Å². The minimum absolute atomic E-state index is 0.187. The number of carbonyl (C=O) groups excluding carboxylic acids is 1. The van der Waals surface area contributed by atoms with Gasteiger partial charge < -0.3 is 5.32 Å². The Hall–Kier alpha value is -1.31. The third-order valence-corrected chi connectivity index (χ3v) is 3.38. The van der Waals surface area contributed by atoms with Crippen LogP contribution < -0.4 is 5.32 Å². The Morgan fingerprint density at radius 3 is 2.53 bits per heavy atom. The Morgan fingerprint density at radius 1 is 1.21 bits per heavy atom. The smallest absolute Gasteiger partial charge is 0.220 e. The van der Waals surface area contributed by atoms with Crippen molar-refractivity contribution in [2.75, 3.05) is 0 Å². The summed E-state index contributed by atoms with van der Waals surface area (Å²) in [6.07, 6.45) is 5.12. The molecule has 0 heterocycles. The Morgan fingerprint density at radius 2 is 1.89 bits per heavy atom. The molecule has 2 nitrogen and oxygen atoms in total. The second-order valence-corrected chi connectivity index (χ2v) is 5.61. The first-order chi connectivity index (χ1) is 9.11. The van der Waals surface area contributed by atoms with E-state index in [2.05, 4.69) is 38.2 Å². The maximum absolute atomic E-state index is 11.9. The van der Waals surface area contributed by atoms with Crippen molar-refractivity contribution in [1.82, 2.24) is 5.32 Å². The summed E-state index contributed by atoms with van der Waals surface area (Å²) in [4.78, 5) is 11.9. The first kappa shape index (κ1) is 15.7. The summed E-state index contributed by atoms with van der Waals surface area (Å²) in [7, 11) is 0. The average Bonchev–Trinajstić information content (AvgIpc) is 2.37. The second-order valence-electron chi connectivity index (χ2n) is 5.61. The normalized spacial score (nSPS) is 13.8. The van der Waals surface area contributed by atoms with E-state index in [1.165, 1.54) is 18.4 Å². The van der Waals surface area contributed by atoms with Gasteiger partial charge in [-0.1, -0.05) is 63.4 Å². The fourth-order valence-corrected chi connectivity index (χ4v) is 2.32. The zero-order valence-electron chi connectivity index (χ0n) is 12.5. The molecule has 2 atom stereocenters. The van der Waals surface area contributed by atoms with Gasteiger partial charge in [-0.25, -0.2) is 0 Å². The van der Waals surface area contributed by atoms with Gasteiger partial charge in [-0.3, -0.25) is 4.79 Å². The van der Waals surface area contributed by atoms with Gasteiger partial charge in [0, 0.05) is 12.5 Å². The Kier molecular flexibility index (Phi) is 7.24. The molecule has 1 rings (SSSR count). The number of nitrogens with one attached hydrogen (secondary N) is 1. The van der Waals surface area contributed by atoms with Gasteiger partial charge in [0.25, 0.3) is 0 Å². The van der Waals surface area contributed by atoms with Gasteiger partial charge in [0.05, 0.1) is 0 Å². The molecule has 0 aliphatic rings. The fraction of sp³-hybridized carbons (Fsp3) is 0.588. The van der Waals surface area contributed by atoms with Crippen LogP contribution in [0.15, 0.2) is 30.3 Å². The molecule has 0 bridgehead atoms. The van der Waals surface area contributed by atoms with Gasteiger partial charge in [0.2, 0.25) is 5.91 Å².